The number of unbranched alkanes of at least 4 members (excludes halogenated alkanes) is 8. The second-order valence-corrected chi connectivity index (χ2v) is 29.4. The number of carbonyl (C=O) groups is 20. The number of nitrogens with one attached hydrogen (secondary N) is 16. The van der Waals surface area contributed by atoms with Crippen LogP contribution in [0.4, 0.5) is 5.69 Å². The van der Waals surface area contributed by atoms with Crippen molar-refractivity contribution in [1.29, 1.82) is 0 Å². The number of nitrogens with zero attached hydrogens (tertiary/aromatic N) is 1. The zero-order valence-electron chi connectivity index (χ0n) is 68.2. The molecule has 0 radical (unpaired) electrons. The summed E-state index contributed by atoms with van der Waals surface area (Å²) in [7, 11) is 0. The summed E-state index contributed by atoms with van der Waals surface area (Å²) in [6.45, 7) is 1.55. The van der Waals surface area contributed by atoms with Gasteiger partial charge in [-0.3, -0.25) is 91.1 Å². The van der Waals surface area contributed by atoms with E-state index in [4.69, 9.17) is 16.2 Å². The molecule has 3 heterocycles. The van der Waals surface area contributed by atoms with Crippen LogP contribution < -0.4 is 85.9 Å². The average molecular weight is 1730 g/mol. The first-order chi connectivity index (χ1) is 58.4. The molecule has 672 valence electrons. The number of hydrogen-bond acceptors (Lipinski definition) is 25. The Morgan fingerprint density at radius 3 is 1.73 bits per heavy atom. The number of Topliss-reactive ketones (excluding diaryl/α,β-unsaturated/α-hetero) is 1. The topological polar surface area (TPSA) is 717 Å². The molecule has 45 nitrogen and oxygen atoms in total. The number of rotatable bonds is 40. The van der Waals surface area contributed by atoms with Gasteiger partial charge in [-0.2, -0.15) is 0 Å². The predicted octanol–water partition coefficient (Wildman–Crippen LogP) is -4.29. The molecular formula is C78H109N19O26. The maximum absolute atomic E-state index is 15.0. The van der Waals surface area contributed by atoms with Crippen molar-refractivity contribution in [2.45, 2.75) is 229 Å². The van der Waals surface area contributed by atoms with Crippen molar-refractivity contribution < 1.29 is 126 Å². The molecule has 1 aliphatic rings. The summed E-state index contributed by atoms with van der Waals surface area (Å²) in [6, 6.07) is -10.6. The number of para-hydroxylation sites is 2. The Morgan fingerprint density at radius 1 is 0.561 bits per heavy atom. The summed E-state index contributed by atoms with van der Waals surface area (Å²) in [5.74, 6) is -29.3. The SMILES string of the molecule is CCCCCCCCCCCC(=O)NC(Cc1c[nH]c2ccccc12)C(=O)NC(CC(N)=O)C(=O)NC(CC(=O)O)C(=O)NC1C(=O)NCC(=O)NC(CCCNCc2ncc[nH]2)C(=O)NC(CC(=O)O)C(=O)NC(C)C(=O)NC(CC(=O)O)C(=O)NCC(=O)NC(CO)C(=O)NC(C(C)CC(=O)O)C(=O)NC(CC(=O)c2ccccc2N)C(=O)OC1C. The number of cyclic esters (lactones) is 1. The largest absolute Gasteiger partial charge is 0.481 e. The van der Waals surface area contributed by atoms with Crippen molar-refractivity contribution in [3.63, 3.8) is 0 Å². The number of aromatic nitrogens is 3. The van der Waals surface area contributed by atoms with Gasteiger partial charge in [0.2, 0.25) is 82.7 Å². The molecule has 2 aromatic heterocycles. The molecule has 0 bridgehead atoms. The van der Waals surface area contributed by atoms with Gasteiger partial charge >= 0.3 is 29.8 Å². The van der Waals surface area contributed by atoms with Crippen molar-refractivity contribution >= 4 is 135 Å². The van der Waals surface area contributed by atoms with Gasteiger partial charge in [-0.1, -0.05) is 95.5 Å². The number of anilines is 1. The summed E-state index contributed by atoms with van der Waals surface area (Å²) in [5, 5.41) is 82.5. The number of hydrogen-bond donors (Lipinski definition) is 23. The van der Waals surface area contributed by atoms with Gasteiger partial charge in [0.25, 0.3) is 0 Å². The lowest BCUT2D eigenvalue weighted by molar-refractivity contribution is -0.156. The van der Waals surface area contributed by atoms with Crippen LogP contribution in [-0.2, 0) is 109 Å². The number of primary amides is 1. The maximum Gasteiger partial charge on any atom is 0.329 e. The summed E-state index contributed by atoms with van der Waals surface area (Å²) in [4.78, 5) is 286. The number of esters is 1. The van der Waals surface area contributed by atoms with E-state index in [9.17, 15) is 121 Å². The van der Waals surface area contributed by atoms with Gasteiger partial charge in [0.05, 0.1) is 58.3 Å². The smallest absolute Gasteiger partial charge is 0.329 e. The molecule has 13 atom stereocenters. The zero-order valence-corrected chi connectivity index (χ0v) is 68.2. The molecular weight excluding hydrogens is 1620 g/mol. The highest BCUT2D eigenvalue weighted by Crippen LogP contribution is 2.22. The van der Waals surface area contributed by atoms with E-state index in [2.05, 4.69) is 80.4 Å². The first-order valence-corrected chi connectivity index (χ1v) is 39.8. The molecule has 13 unspecified atom stereocenters. The molecule has 1 aliphatic heterocycles. The third kappa shape index (κ3) is 35.0. The van der Waals surface area contributed by atoms with Crippen LogP contribution in [0.3, 0.4) is 0 Å². The third-order valence-electron chi connectivity index (χ3n) is 19.4. The Labute approximate surface area is 704 Å². The van der Waals surface area contributed by atoms with Crippen molar-refractivity contribution in [2.24, 2.45) is 11.7 Å². The lowest BCUT2D eigenvalue weighted by atomic mass is 9.96. The number of H-pyrrole nitrogens is 2. The highest BCUT2D eigenvalue weighted by atomic mass is 16.5. The van der Waals surface area contributed by atoms with Crippen LogP contribution in [0.2, 0.25) is 0 Å². The molecule has 45 heteroatoms. The number of imidazole rings is 1. The minimum Gasteiger partial charge on any atom is -0.481 e. The number of fused-ring (bicyclic) bond motifs is 1. The molecule has 2 aromatic carbocycles. The van der Waals surface area contributed by atoms with Crippen LogP contribution in [0, 0.1) is 5.92 Å². The lowest BCUT2D eigenvalue weighted by Crippen LogP contribution is -2.62. The van der Waals surface area contributed by atoms with Crippen molar-refractivity contribution in [3.8, 4) is 0 Å². The van der Waals surface area contributed by atoms with E-state index in [0.29, 0.717) is 35.1 Å². The number of carboxylic acid groups (broad SMARTS) is 4. The Hall–Kier alpha value is -13.5. The van der Waals surface area contributed by atoms with Crippen LogP contribution >= 0.6 is 0 Å². The summed E-state index contributed by atoms with van der Waals surface area (Å²) in [5.41, 5.74) is 12.4. The fraction of sp³-hybridized carbons (Fsp3) is 0.526. The van der Waals surface area contributed by atoms with Gasteiger partial charge < -0.3 is 126 Å². The Balaban J connectivity index is 1.61. The minimum absolute atomic E-state index is 0.0191. The Bertz CT molecular complexity index is 4410. The number of aromatic amines is 2. The number of ketones is 1. The van der Waals surface area contributed by atoms with E-state index in [1.54, 1.807) is 30.5 Å². The Morgan fingerprint density at radius 2 is 1.12 bits per heavy atom. The molecule has 0 saturated carbocycles. The lowest BCUT2D eigenvalue weighted by Gasteiger charge is -2.30. The van der Waals surface area contributed by atoms with Crippen LogP contribution in [0.1, 0.15) is 165 Å². The molecule has 5 rings (SSSR count). The second-order valence-electron chi connectivity index (χ2n) is 29.4. The van der Waals surface area contributed by atoms with E-state index >= 15 is 0 Å². The number of aliphatic hydroxyl groups is 1. The van der Waals surface area contributed by atoms with E-state index in [1.165, 1.54) is 36.7 Å². The highest BCUT2D eigenvalue weighted by molar-refractivity contribution is 6.05. The molecule has 25 N–H and O–H groups in total. The number of nitrogens with two attached hydrogens (primary N) is 2. The molecule has 4 aromatic rings. The van der Waals surface area contributed by atoms with Gasteiger partial charge in [-0.15, -0.1) is 0 Å². The first kappa shape index (κ1) is 100. The number of ether oxygens (including phenoxy) is 1. The number of benzene rings is 2. The van der Waals surface area contributed by atoms with Gasteiger partial charge in [0, 0.05) is 60.0 Å². The number of carbonyl (C=O) groups excluding carboxylic acids is 16. The first-order valence-electron chi connectivity index (χ1n) is 39.8. The van der Waals surface area contributed by atoms with E-state index in [1.807, 2.05) is 16.0 Å². The highest BCUT2D eigenvalue weighted by Gasteiger charge is 2.41. The number of aliphatic carboxylic acids is 4. The van der Waals surface area contributed by atoms with E-state index in [-0.39, 0.29) is 50.0 Å². The fourth-order valence-corrected chi connectivity index (χ4v) is 12.8. The van der Waals surface area contributed by atoms with Gasteiger partial charge in [-0.05, 0) is 69.3 Å². The number of amides is 14. The predicted molar refractivity (Wildman–Crippen MR) is 431 cm³/mol. The van der Waals surface area contributed by atoms with Gasteiger partial charge in [-0.25, -0.2) is 9.78 Å². The van der Waals surface area contributed by atoms with Crippen LogP contribution in [-0.4, -0.2) is 258 Å². The van der Waals surface area contributed by atoms with E-state index in [0.717, 1.165) is 65.7 Å². The summed E-state index contributed by atoms with van der Waals surface area (Å²) >= 11 is 0. The van der Waals surface area contributed by atoms with Gasteiger partial charge in [0.15, 0.2) is 5.78 Å². The third-order valence-corrected chi connectivity index (χ3v) is 19.4. The number of nitrogen functional groups attached to an aromatic ring is 1. The zero-order chi connectivity index (χ0) is 91.0. The average Bonchev–Trinajstić information content (AvgIpc) is 1.81. The minimum atomic E-state index is -2.46. The number of aliphatic hydroxyl groups excluding tert-OH is 1. The Kier molecular flexibility index (Phi) is 41.7. The number of carboxylic acids is 4. The molecule has 0 spiro atoms. The maximum atomic E-state index is 15.0. The van der Waals surface area contributed by atoms with Gasteiger partial charge in [0.1, 0.15) is 78.4 Å². The normalized spacial score (nSPS) is 20.6. The second kappa shape index (κ2) is 51.2. The van der Waals surface area contributed by atoms with Crippen molar-refractivity contribution in [2.75, 3.05) is 32.0 Å². The quantitative estimate of drug-likeness (QED) is 0.00867. The molecule has 123 heavy (non-hydrogen) atoms. The summed E-state index contributed by atoms with van der Waals surface area (Å²) in [6.07, 6.45) is 3.09. The van der Waals surface area contributed by atoms with E-state index < -0.39 is 255 Å². The van der Waals surface area contributed by atoms with Crippen molar-refractivity contribution in [3.05, 3.63) is 84.1 Å². The molecule has 1 saturated heterocycles. The van der Waals surface area contributed by atoms with Crippen LogP contribution in [0.25, 0.3) is 10.9 Å². The standard InChI is InChI=1S/C78H109N19O26/c1-5-6-7-8-9-10-11-12-13-24-59(101)89-49(29-43-35-84-47-22-17-15-19-44(43)47)72(116)92-50(31-57(80)100)73(117)94-53(34-65(110)111)74(118)97-67-42(4)123-78(122)54(30-56(99)45-20-14-16-21-46(45)79)95-77(121)66(40(2)28-62(104)105)96-75(119)55(39-98)90-61(103)37-85-69(113)51(32-63(106)107)91-68(112)41(3)87-71(115)52(33-64(108)109)93-70(114)48(88-60(102)38-86-76(67)120)23-18-25-81-36-58-82-26-27-83-58/h14-17,19-22,26-27,35,40-42,48-55,66-67,81,84,98H,5-13,18,23-25,28-34,36-39,79H2,1-4H3,(H2,80,100)(H,82,83)(H,85,113)(H,86,120)(H,87,115)(H,88,102)(H,89,101)(H,90,103)(H,91,112)(H,92,116)(H,93,114)(H,94,117)(H,95,121)(H,96,119)(H,97,118)(H,104,105)(H,106,107)(H,108,109)(H,110,111). The van der Waals surface area contributed by atoms with Crippen LogP contribution in [0.5, 0.6) is 0 Å². The molecule has 1 fully saturated rings. The van der Waals surface area contributed by atoms with Crippen LogP contribution in [0.15, 0.2) is 67.1 Å². The summed E-state index contributed by atoms with van der Waals surface area (Å²) < 4.78 is 5.73. The van der Waals surface area contributed by atoms with Crippen molar-refractivity contribution in [1.82, 2.24) is 89.4 Å². The molecule has 14 amide bonds. The monoisotopic (exact) mass is 1730 g/mol. The fourth-order valence-electron chi connectivity index (χ4n) is 12.8. The molecule has 0 aliphatic carbocycles.